The molecule has 0 spiro atoms. The van der Waals surface area contributed by atoms with Crippen LogP contribution in [-0.4, -0.2) is 16.7 Å². The zero-order valence-corrected chi connectivity index (χ0v) is 10.3. The summed E-state index contributed by atoms with van der Waals surface area (Å²) in [5.74, 6) is 0. The predicted octanol–water partition coefficient (Wildman–Crippen LogP) is 1.51. The normalized spacial score (nSPS) is 11.3. The minimum absolute atomic E-state index is 0.715. The van der Waals surface area contributed by atoms with E-state index in [2.05, 4.69) is 9.97 Å². The molecular formula is C10H8Cl2N2Si. The number of aromatic nitrogens is 2. The van der Waals surface area contributed by atoms with E-state index in [9.17, 15) is 0 Å². The first kappa shape index (κ1) is 10.6. The SMILES string of the molecule is Cl[Si](Cl)(c1ccccn1)c1ccccn1. The molecule has 0 aliphatic carbocycles. The van der Waals surface area contributed by atoms with Gasteiger partial charge in [0.25, 0.3) is 0 Å². The van der Waals surface area contributed by atoms with Crippen molar-refractivity contribution in [1.82, 2.24) is 9.97 Å². The van der Waals surface area contributed by atoms with Crippen LogP contribution in [0.4, 0.5) is 0 Å². The summed E-state index contributed by atoms with van der Waals surface area (Å²) in [4.78, 5) is 8.37. The number of nitrogens with zero attached hydrogens (tertiary/aromatic N) is 2. The Bertz CT molecular complexity index is 392. The van der Waals surface area contributed by atoms with Gasteiger partial charge in [0.05, 0.1) is 10.6 Å². The van der Waals surface area contributed by atoms with Gasteiger partial charge in [0.2, 0.25) is 0 Å². The van der Waals surface area contributed by atoms with Gasteiger partial charge in [-0.3, -0.25) is 9.97 Å². The van der Waals surface area contributed by atoms with Crippen molar-refractivity contribution in [3.05, 3.63) is 48.8 Å². The van der Waals surface area contributed by atoms with Gasteiger partial charge in [0.1, 0.15) is 0 Å². The molecule has 0 radical (unpaired) electrons. The summed E-state index contributed by atoms with van der Waals surface area (Å²) < 4.78 is 0. The molecule has 0 unspecified atom stereocenters. The monoisotopic (exact) mass is 254 g/mol. The first-order valence-corrected chi connectivity index (χ1v) is 8.44. The van der Waals surface area contributed by atoms with Crippen LogP contribution < -0.4 is 10.6 Å². The molecule has 0 amide bonds. The third kappa shape index (κ3) is 2.20. The smallest absolute Gasteiger partial charge is 0.263 e. The number of hydrogen-bond acceptors (Lipinski definition) is 2. The second kappa shape index (κ2) is 4.31. The Morgan fingerprint density at radius 1 is 0.800 bits per heavy atom. The average Bonchev–Trinajstić information content (AvgIpc) is 2.31. The second-order valence-corrected chi connectivity index (χ2v) is 9.16. The lowest BCUT2D eigenvalue weighted by Gasteiger charge is -2.14. The van der Waals surface area contributed by atoms with Crippen molar-refractivity contribution < 1.29 is 0 Å². The van der Waals surface area contributed by atoms with Gasteiger partial charge in [-0.05, 0) is 24.3 Å². The first-order chi connectivity index (χ1) is 7.21. The number of pyridine rings is 2. The van der Waals surface area contributed by atoms with Crippen LogP contribution in [-0.2, 0) is 0 Å². The summed E-state index contributed by atoms with van der Waals surface area (Å²) in [6.45, 7) is -2.73. The lowest BCUT2D eigenvalue weighted by atomic mass is 10.5. The lowest BCUT2D eigenvalue weighted by molar-refractivity contribution is 1.36. The molecule has 0 atom stereocenters. The third-order valence-corrected chi connectivity index (χ3v) is 6.17. The molecule has 0 N–H and O–H groups in total. The van der Waals surface area contributed by atoms with Crippen molar-refractivity contribution in [2.45, 2.75) is 0 Å². The van der Waals surface area contributed by atoms with Crippen molar-refractivity contribution in [2.75, 3.05) is 0 Å². The van der Waals surface area contributed by atoms with E-state index in [0.717, 1.165) is 0 Å². The fourth-order valence-electron chi connectivity index (χ4n) is 1.23. The van der Waals surface area contributed by atoms with Crippen LogP contribution in [0, 0.1) is 0 Å². The van der Waals surface area contributed by atoms with Gasteiger partial charge in [0, 0.05) is 12.4 Å². The van der Waals surface area contributed by atoms with Crippen LogP contribution in [0.25, 0.3) is 0 Å². The van der Waals surface area contributed by atoms with E-state index in [0.29, 0.717) is 10.6 Å². The molecule has 15 heavy (non-hydrogen) atoms. The summed E-state index contributed by atoms with van der Waals surface area (Å²) in [6, 6.07) is 11.1. The number of halogens is 2. The number of hydrogen-bond donors (Lipinski definition) is 0. The van der Waals surface area contributed by atoms with Crippen LogP contribution in [0.5, 0.6) is 0 Å². The average molecular weight is 255 g/mol. The van der Waals surface area contributed by atoms with Crippen LogP contribution in [0.15, 0.2) is 48.8 Å². The van der Waals surface area contributed by atoms with Crippen LogP contribution in [0.1, 0.15) is 0 Å². The fourth-order valence-corrected chi connectivity index (χ4v) is 3.92. The minimum atomic E-state index is -2.73. The molecule has 2 aromatic heterocycles. The Morgan fingerprint density at radius 2 is 1.27 bits per heavy atom. The third-order valence-electron chi connectivity index (χ3n) is 1.97. The van der Waals surface area contributed by atoms with E-state index in [1.165, 1.54) is 0 Å². The van der Waals surface area contributed by atoms with E-state index >= 15 is 0 Å². The molecule has 5 heteroatoms. The van der Waals surface area contributed by atoms with Crippen LogP contribution in [0.2, 0.25) is 0 Å². The molecule has 0 aliphatic rings. The van der Waals surface area contributed by atoms with Gasteiger partial charge in [-0.15, -0.1) is 22.2 Å². The molecule has 76 valence electrons. The Morgan fingerprint density at radius 3 is 1.60 bits per heavy atom. The van der Waals surface area contributed by atoms with Crippen molar-refractivity contribution in [1.29, 1.82) is 0 Å². The number of rotatable bonds is 2. The fraction of sp³-hybridized carbons (Fsp3) is 0. The molecule has 0 aliphatic heterocycles. The molecular weight excluding hydrogens is 247 g/mol. The molecule has 2 rings (SSSR count). The summed E-state index contributed by atoms with van der Waals surface area (Å²) in [6.07, 6.45) is 3.37. The zero-order chi connectivity index (χ0) is 10.7. The van der Waals surface area contributed by atoms with E-state index in [-0.39, 0.29) is 0 Å². The van der Waals surface area contributed by atoms with E-state index in [4.69, 9.17) is 22.2 Å². The van der Waals surface area contributed by atoms with Crippen molar-refractivity contribution in [2.24, 2.45) is 0 Å². The van der Waals surface area contributed by atoms with Gasteiger partial charge in [-0.2, -0.15) is 0 Å². The molecule has 0 bridgehead atoms. The maximum Gasteiger partial charge on any atom is 0.345 e. The zero-order valence-electron chi connectivity index (χ0n) is 7.77. The van der Waals surface area contributed by atoms with Crippen molar-refractivity contribution in [3.63, 3.8) is 0 Å². The van der Waals surface area contributed by atoms with Gasteiger partial charge in [-0.1, -0.05) is 12.1 Å². The quantitative estimate of drug-likeness (QED) is 0.600. The Kier molecular flexibility index (Phi) is 3.05. The maximum absolute atomic E-state index is 6.37. The highest BCUT2D eigenvalue weighted by Gasteiger charge is 2.36. The molecule has 0 fully saturated rings. The lowest BCUT2D eigenvalue weighted by Crippen LogP contribution is -2.51. The second-order valence-electron chi connectivity index (χ2n) is 3.00. The summed E-state index contributed by atoms with van der Waals surface area (Å²) in [7, 11) is 0. The van der Waals surface area contributed by atoms with Crippen LogP contribution >= 0.6 is 22.2 Å². The maximum atomic E-state index is 6.37. The summed E-state index contributed by atoms with van der Waals surface area (Å²) >= 11 is 12.7. The van der Waals surface area contributed by atoms with Gasteiger partial charge < -0.3 is 0 Å². The molecule has 2 nitrogen and oxygen atoms in total. The molecule has 2 aromatic rings. The summed E-state index contributed by atoms with van der Waals surface area (Å²) in [5, 5.41) is 1.43. The minimum Gasteiger partial charge on any atom is -0.263 e. The molecule has 0 saturated carbocycles. The molecule has 0 saturated heterocycles. The Balaban J connectivity index is 2.44. The highest BCUT2D eigenvalue weighted by atomic mass is 35.7. The molecule has 0 aromatic carbocycles. The van der Waals surface area contributed by atoms with Crippen LogP contribution in [0.3, 0.4) is 0 Å². The Hall–Kier alpha value is -0.903. The standard InChI is InChI=1S/C10H8Cl2N2Si/c11-15(12,9-5-1-3-7-13-9)10-6-2-4-8-14-10/h1-8H. The Labute approximate surface area is 98.3 Å². The largest absolute Gasteiger partial charge is 0.345 e. The highest BCUT2D eigenvalue weighted by Crippen LogP contribution is 2.12. The van der Waals surface area contributed by atoms with Crippen molar-refractivity contribution >= 4 is 39.5 Å². The highest BCUT2D eigenvalue weighted by molar-refractivity contribution is 7.55. The van der Waals surface area contributed by atoms with Gasteiger partial charge in [0.15, 0.2) is 0 Å². The van der Waals surface area contributed by atoms with E-state index in [1.54, 1.807) is 12.4 Å². The molecule has 2 heterocycles. The van der Waals surface area contributed by atoms with E-state index < -0.39 is 6.69 Å². The summed E-state index contributed by atoms with van der Waals surface area (Å²) in [5.41, 5.74) is 0. The van der Waals surface area contributed by atoms with Gasteiger partial charge in [-0.25, -0.2) is 0 Å². The first-order valence-electron chi connectivity index (χ1n) is 4.42. The van der Waals surface area contributed by atoms with E-state index in [1.807, 2.05) is 36.4 Å². The van der Waals surface area contributed by atoms with Gasteiger partial charge >= 0.3 is 6.69 Å². The van der Waals surface area contributed by atoms with Crippen molar-refractivity contribution in [3.8, 4) is 0 Å². The predicted molar refractivity (Wildman–Crippen MR) is 65.2 cm³/mol. The topological polar surface area (TPSA) is 25.8 Å².